The summed E-state index contributed by atoms with van der Waals surface area (Å²) in [6.07, 6.45) is 3.65. The molecule has 2 aromatic carbocycles. The lowest BCUT2D eigenvalue weighted by molar-refractivity contribution is 0.517. The minimum Gasteiger partial charge on any atom is -0.271 e. The van der Waals surface area contributed by atoms with Crippen molar-refractivity contribution < 1.29 is 0 Å². The highest BCUT2D eigenvalue weighted by atomic mass is 15.2. The number of fused-ring (bicyclic) bond motifs is 1. The molecule has 0 saturated carbocycles. The number of hydrazine groups is 1. The van der Waals surface area contributed by atoms with Gasteiger partial charge in [-0.1, -0.05) is 48.5 Å². The second kappa shape index (κ2) is 6.48. The third-order valence-electron chi connectivity index (χ3n) is 3.82. The number of hydrogen-bond donors (Lipinski definition) is 2. The van der Waals surface area contributed by atoms with E-state index in [1.807, 2.05) is 18.3 Å². The molecule has 0 amide bonds. The van der Waals surface area contributed by atoms with Crippen LogP contribution in [-0.2, 0) is 6.42 Å². The molecule has 0 fully saturated rings. The highest BCUT2D eigenvalue weighted by molar-refractivity contribution is 5.86. The summed E-state index contributed by atoms with van der Waals surface area (Å²) in [5.41, 5.74) is 5.29. The van der Waals surface area contributed by atoms with Gasteiger partial charge in [0.25, 0.3) is 0 Å². The van der Waals surface area contributed by atoms with Gasteiger partial charge >= 0.3 is 0 Å². The lowest BCUT2D eigenvalue weighted by Crippen LogP contribution is -2.28. The molecule has 3 N–H and O–H groups in total. The normalized spacial score (nSPS) is 12.4. The second-order valence-corrected chi connectivity index (χ2v) is 5.15. The van der Waals surface area contributed by atoms with Crippen molar-refractivity contribution in [3.8, 4) is 0 Å². The van der Waals surface area contributed by atoms with Crippen LogP contribution in [0.15, 0.2) is 66.9 Å². The molecule has 3 rings (SSSR count). The van der Waals surface area contributed by atoms with Crippen molar-refractivity contribution in [3.63, 3.8) is 0 Å². The summed E-state index contributed by atoms with van der Waals surface area (Å²) in [5.74, 6) is 5.79. The molecule has 106 valence electrons. The summed E-state index contributed by atoms with van der Waals surface area (Å²) in [6, 6.07) is 20.9. The SMILES string of the molecule is NNC(CCc1ccccn1)c1cccc2ccccc12. The van der Waals surface area contributed by atoms with E-state index in [9.17, 15) is 0 Å². The van der Waals surface area contributed by atoms with Crippen LogP contribution in [-0.4, -0.2) is 4.98 Å². The van der Waals surface area contributed by atoms with E-state index in [4.69, 9.17) is 5.84 Å². The maximum Gasteiger partial charge on any atom is 0.0469 e. The third-order valence-corrected chi connectivity index (χ3v) is 3.82. The third kappa shape index (κ3) is 3.10. The average molecular weight is 277 g/mol. The molecule has 0 aliphatic heterocycles. The van der Waals surface area contributed by atoms with Crippen molar-refractivity contribution in [2.24, 2.45) is 5.84 Å². The highest BCUT2D eigenvalue weighted by Crippen LogP contribution is 2.26. The summed E-state index contributed by atoms with van der Waals surface area (Å²) in [7, 11) is 0. The Kier molecular flexibility index (Phi) is 4.24. The van der Waals surface area contributed by atoms with Gasteiger partial charge in [0.1, 0.15) is 0 Å². The molecule has 1 aromatic heterocycles. The average Bonchev–Trinajstić information content (AvgIpc) is 2.56. The first-order valence-corrected chi connectivity index (χ1v) is 7.22. The molecule has 0 saturated heterocycles. The summed E-state index contributed by atoms with van der Waals surface area (Å²) < 4.78 is 0. The van der Waals surface area contributed by atoms with Gasteiger partial charge in [-0.05, 0) is 41.3 Å². The van der Waals surface area contributed by atoms with Gasteiger partial charge in [0.05, 0.1) is 0 Å². The molecular formula is C18H19N3. The van der Waals surface area contributed by atoms with Gasteiger partial charge in [-0.15, -0.1) is 0 Å². The van der Waals surface area contributed by atoms with Crippen molar-refractivity contribution in [2.45, 2.75) is 18.9 Å². The Hall–Kier alpha value is -2.23. The molecule has 0 spiro atoms. The largest absolute Gasteiger partial charge is 0.271 e. The zero-order chi connectivity index (χ0) is 14.5. The number of nitrogens with zero attached hydrogens (tertiary/aromatic N) is 1. The number of pyridine rings is 1. The topological polar surface area (TPSA) is 50.9 Å². The Morgan fingerprint density at radius 3 is 2.57 bits per heavy atom. The number of benzene rings is 2. The molecule has 1 atom stereocenters. The maximum atomic E-state index is 5.79. The van der Waals surface area contributed by atoms with Gasteiger partial charge in [0, 0.05) is 17.9 Å². The molecule has 1 unspecified atom stereocenters. The molecule has 3 heteroatoms. The Labute approximate surface area is 124 Å². The van der Waals surface area contributed by atoms with Gasteiger partial charge in [-0.25, -0.2) is 0 Å². The minimum absolute atomic E-state index is 0.123. The first kappa shape index (κ1) is 13.7. The summed E-state index contributed by atoms with van der Waals surface area (Å²) in [6.45, 7) is 0. The van der Waals surface area contributed by atoms with E-state index in [2.05, 4.69) is 58.9 Å². The van der Waals surface area contributed by atoms with Crippen LogP contribution < -0.4 is 11.3 Å². The van der Waals surface area contributed by atoms with Crippen LogP contribution in [0.1, 0.15) is 23.7 Å². The number of hydrogen-bond acceptors (Lipinski definition) is 3. The Morgan fingerprint density at radius 1 is 0.952 bits per heavy atom. The van der Waals surface area contributed by atoms with Gasteiger partial charge in [-0.3, -0.25) is 16.3 Å². The number of rotatable bonds is 5. The molecule has 21 heavy (non-hydrogen) atoms. The number of aromatic nitrogens is 1. The molecule has 0 bridgehead atoms. The Bertz CT molecular complexity index is 704. The Balaban J connectivity index is 1.85. The lowest BCUT2D eigenvalue weighted by Gasteiger charge is -2.18. The summed E-state index contributed by atoms with van der Waals surface area (Å²) >= 11 is 0. The van der Waals surface area contributed by atoms with E-state index < -0.39 is 0 Å². The number of nitrogens with two attached hydrogens (primary N) is 1. The van der Waals surface area contributed by atoms with E-state index >= 15 is 0 Å². The van der Waals surface area contributed by atoms with Crippen LogP contribution in [0.2, 0.25) is 0 Å². The monoisotopic (exact) mass is 277 g/mol. The quantitative estimate of drug-likeness (QED) is 0.555. The van der Waals surface area contributed by atoms with Crippen molar-refractivity contribution in [3.05, 3.63) is 78.1 Å². The molecule has 3 nitrogen and oxygen atoms in total. The first-order chi connectivity index (χ1) is 10.4. The second-order valence-electron chi connectivity index (χ2n) is 5.15. The molecule has 0 radical (unpaired) electrons. The fourth-order valence-corrected chi connectivity index (χ4v) is 2.72. The Morgan fingerprint density at radius 2 is 1.76 bits per heavy atom. The maximum absolute atomic E-state index is 5.79. The van der Waals surface area contributed by atoms with Crippen molar-refractivity contribution in [1.29, 1.82) is 0 Å². The predicted molar refractivity (Wildman–Crippen MR) is 86.6 cm³/mol. The lowest BCUT2D eigenvalue weighted by atomic mass is 9.95. The zero-order valence-corrected chi connectivity index (χ0v) is 11.9. The smallest absolute Gasteiger partial charge is 0.0469 e. The fraction of sp³-hybridized carbons (Fsp3) is 0.167. The van der Waals surface area contributed by atoms with Crippen LogP contribution in [0.5, 0.6) is 0 Å². The van der Waals surface area contributed by atoms with E-state index in [1.54, 1.807) is 0 Å². The highest BCUT2D eigenvalue weighted by Gasteiger charge is 2.12. The van der Waals surface area contributed by atoms with E-state index in [-0.39, 0.29) is 6.04 Å². The zero-order valence-electron chi connectivity index (χ0n) is 11.9. The summed E-state index contributed by atoms with van der Waals surface area (Å²) in [4.78, 5) is 4.37. The van der Waals surface area contributed by atoms with Gasteiger partial charge in [0.2, 0.25) is 0 Å². The van der Waals surface area contributed by atoms with Crippen molar-refractivity contribution in [2.75, 3.05) is 0 Å². The molecular weight excluding hydrogens is 258 g/mol. The standard InChI is InChI=1S/C18H19N3/c19-21-18(12-11-15-8-3-4-13-20-15)17-10-5-7-14-6-1-2-9-16(14)17/h1-10,13,18,21H,11-12,19H2. The molecule has 0 aliphatic carbocycles. The number of aryl methyl sites for hydroxylation is 1. The van der Waals surface area contributed by atoms with E-state index in [0.717, 1.165) is 18.5 Å². The van der Waals surface area contributed by atoms with Crippen molar-refractivity contribution in [1.82, 2.24) is 10.4 Å². The van der Waals surface area contributed by atoms with Crippen LogP contribution >= 0.6 is 0 Å². The van der Waals surface area contributed by atoms with Crippen LogP contribution in [0.3, 0.4) is 0 Å². The first-order valence-electron chi connectivity index (χ1n) is 7.22. The van der Waals surface area contributed by atoms with Crippen LogP contribution in [0.4, 0.5) is 0 Å². The van der Waals surface area contributed by atoms with Crippen molar-refractivity contribution >= 4 is 10.8 Å². The minimum atomic E-state index is 0.123. The predicted octanol–water partition coefficient (Wildman–Crippen LogP) is 3.37. The van der Waals surface area contributed by atoms with Gasteiger partial charge in [0.15, 0.2) is 0 Å². The van der Waals surface area contributed by atoms with Gasteiger partial charge < -0.3 is 0 Å². The molecule has 0 aliphatic rings. The molecule has 3 aromatic rings. The number of nitrogens with one attached hydrogen (secondary N) is 1. The summed E-state index contributed by atoms with van der Waals surface area (Å²) in [5, 5.41) is 2.50. The van der Waals surface area contributed by atoms with Crippen LogP contribution in [0.25, 0.3) is 10.8 Å². The van der Waals surface area contributed by atoms with Crippen LogP contribution in [0, 0.1) is 0 Å². The fourth-order valence-electron chi connectivity index (χ4n) is 2.72. The molecule has 1 heterocycles. The van der Waals surface area contributed by atoms with E-state index in [0.29, 0.717) is 0 Å². The van der Waals surface area contributed by atoms with Gasteiger partial charge in [-0.2, -0.15) is 0 Å². The van der Waals surface area contributed by atoms with E-state index in [1.165, 1.54) is 16.3 Å².